The fraction of sp³-hybridized carbons (Fsp3) is 0.364. The van der Waals surface area contributed by atoms with Crippen LogP contribution in [0.1, 0.15) is 25.0 Å². The molecule has 0 atom stereocenters. The van der Waals surface area contributed by atoms with Crippen LogP contribution in [0.3, 0.4) is 0 Å². The van der Waals surface area contributed by atoms with E-state index >= 15 is 0 Å². The highest BCUT2D eigenvalue weighted by Gasteiger charge is 2.37. The van der Waals surface area contributed by atoms with Crippen molar-refractivity contribution in [2.24, 2.45) is 0 Å². The van der Waals surface area contributed by atoms with Crippen LogP contribution in [-0.2, 0) is 11.6 Å². The minimum atomic E-state index is -4.45. The van der Waals surface area contributed by atoms with E-state index in [9.17, 15) is 13.2 Å². The summed E-state index contributed by atoms with van der Waals surface area (Å²) >= 11 is 2.99. The molecule has 0 aromatic heterocycles. The highest BCUT2D eigenvalue weighted by atomic mass is 79.9. The molecule has 1 rings (SSSR count). The molecule has 0 saturated heterocycles. The molecule has 0 aliphatic rings. The molecule has 86 valence electrons. The van der Waals surface area contributed by atoms with Crippen LogP contribution in [0, 0.1) is 11.3 Å². The number of hydrogen-bond donors (Lipinski definition) is 0. The Balaban J connectivity index is 3.48. The van der Waals surface area contributed by atoms with E-state index < -0.39 is 17.2 Å². The van der Waals surface area contributed by atoms with Crippen molar-refractivity contribution in [3.63, 3.8) is 0 Å². The summed E-state index contributed by atoms with van der Waals surface area (Å²) in [6.45, 7) is 2.93. The zero-order valence-corrected chi connectivity index (χ0v) is 10.3. The second-order valence-electron chi connectivity index (χ2n) is 3.92. The second kappa shape index (κ2) is 4.10. The molecule has 0 bridgehead atoms. The van der Waals surface area contributed by atoms with Crippen molar-refractivity contribution in [3.05, 3.63) is 33.8 Å². The third kappa shape index (κ3) is 2.56. The van der Waals surface area contributed by atoms with Crippen molar-refractivity contribution < 1.29 is 13.2 Å². The first-order valence-electron chi connectivity index (χ1n) is 4.47. The summed E-state index contributed by atoms with van der Waals surface area (Å²) in [6, 6.07) is 5.70. The monoisotopic (exact) mass is 291 g/mol. The topological polar surface area (TPSA) is 23.8 Å². The quantitative estimate of drug-likeness (QED) is 0.758. The number of nitriles is 1. The van der Waals surface area contributed by atoms with Crippen molar-refractivity contribution in [2.75, 3.05) is 0 Å². The van der Waals surface area contributed by atoms with Gasteiger partial charge in [0.2, 0.25) is 0 Å². The van der Waals surface area contributed by atoms with Crippen LogP contribution in [-0.4, -0.2) is 0 Å². The molecule has 1 aromatic rings. The number of nitrogens with zero attached hydrogens (tertiary/aromatic N) is 1. The van der Waals surface area contributed by atoms with E-state index in [0.29, 0.717) is 4.47 Å². The maximum Gasteiger partial charge on any atom is 0.416 e. The van der Waals surface area contributed by atoms with Gasteiger partial charge in [-0.05, 0) is 31.5 Å². The molecule has 0 N–H and O–H groups in total. The summed E-state index contributed by atoms with van der Waals surface area (Å²) in [6.07, 6.45) is -4.45. The van der Waals surface area contributed by atoms with Gasteiger partial charge < -0.3 is 0 Å². The van der Waals surface area contributed by atoms with Gasteiger partial charge in [0.1, 0.15) is 0 Å². The highest BCUT2D eigenvalue weighted by molar-refractivity contribution is 9.10. The molecule has 0 unspecified atom stereocenters. The van der Waals surface area contributed by atoms with E-state index in [0.717, 1.165) is 6.07 Å². The number of benzene rings is 1. The normalized spacial score (nSPS) is 12.3. The van der Waals surface area contributed by atoms with Gasteiger partial charge in [0.15, 0.2) is 0 Å². The van der Waals surface area contributed by atoms with Crippen LogP contribution in [0.25, 0.3) is 0 Å². The van der Waals surface area contributed by atoms with Gasteiger partial charge in [-0.3, -0.25) is 0 Å². The van der Waals surface area contributed by atoms with Gasteiger partial charge in [-0.1, -0.05) is 22.0 Å². The summed E-state index contributed by atoms with van der Waals surface area (Å²) in [5.41, 5.74) is -1.94. The number of alkyl halides is 3. The molecular weight excluding hydrogens is 283 g/mol. The smallest absolute Gasteiger partial charge is 0.197 e. The summed E-state index contributed by atoms with van der Waals surface area (Å²) in [4.78, 5) is 0. The van der Waals surface area contributed by atoms with Gasteiger partial charge >= 0.3 is 6.18 Å². The predicted octanol–water partition coefficient (Wildman–Crippen LogP) is 4.27. The van der Waals surface area contributed by atoms with Crippen molar-refractivity contribution in [2.45, 2.75) is 25.4 Å². The summed E-state index contributed by atoms with van der Waals surface area (Å²) in [5.74, 6) is 0. The van der Waals surface area contributed by atoms with Gasteiger partial charge in [0.05, 0.1) is 17.0 Å². The molecule has 0 amide bonds. The van der Waals surface area contributed by atoms with E-state index in [2.05, 4.69) is 15.9 Å². The fourth-order valence-corrected chi connectivity index (χ4v) is 1.72. The summed E-state index contributed by atoms with van der Waals surface area (Å²) in [7, 11) is 0. The molecule has 0 spiro atoms. The lowest BCUT2D eigenvalue weighted by molar-refractivity contribution is -0.138. The Bertz CT molecular complexity index is 444. The molecular formula is C11H9BrF3N. The van der Waals surface area contributed by atoms with Crippen LogP contribution >= 0.6 is 15.9 Å². The molecule has 5 heteroatoms. The van der Waals surface area contributed by atoms with Crippen molar-refractivity contribution in [1.29, 1.82) is 5.26 Å². The molecule has 0 radical (unpaired) electrons. The summed E-state index contributed by atoms with van der Waals surface area (Å²) in [5, 5.41) is 8.88. The van der Waals surface area contributed by atoms with E-state index in [4.69, 9.17) is 5.26 Å². The maximum absolute atomic E-state index is 12.8. The van der Waals surface area contributed by atoms with Crippen molar-refractivity contribution in [1.82, 2.24) is 0 Å². The van der Waals surface area contributed by atoms with Gasteiger partial charge in [-0.2, -0.15) is 18.4 Å². The Kier molecular flexibility index (Phi) is 3.34. The standard InChI is InChI=1S/C11H9BrF3N/c1-10(2,6-16)8-4-3-7(12)5-9(8)11(13,14)15/h3-5H,1-2H3. The largest absolute Gasteiger partial charge is 0.416 e. The first-order chi connectivity index (χ1) is 7.18. The molecule has 0 aliphatic heterocycles. The molecule has 0 aliphatic carbocycles. The van der Waals surface area contributed by atoms with Crippen LogP contribution in [0.2, 0.25) is 0 Å². The van der Waals surface area contributed by atoms with E-state index in [1.807, 2.05) is 6.07 Å². The van der Waals surface area contributed by atoms with Crippen LogP contribution in [0.4, 0.5) is 13.2 Å². The number of rotatable bonds is 1. The molecule has 0 heterocycles. The van der Waals surface area contributed by atoms with Crippen molar-refractivity contribution >= 4 is 15.9 Å². The van der Waals surface area contributed by atoms with Gasteiger partial charge in [0, 0.05) is 4.47 Å². The first-order valence-corrected chi connectivity index (χ1v) is 5.26. The molecule has 0 saturated carbocycles. The lowest BCUT2D eigenvalue weighted by Crippen LogP contribution is -2.21. The average Bonchev–Trinajstić information content (AvgIpc) is 2.16. The highest BCUT2D eigenvalue weighted by Crippen LogP contribution is 2.38. The Morgan fingerprint density at radius 3 is 2.19 bits per heavy atom. The van der Waals surface area contributed by atoms with E-state index in [1.54, 1.807) is 0 Å². The third-order valence-corrected chi connectivity index (χ3v) is 2.73. The van der Waals surface area contributed by atoms with Gasteiger partial charge in [-0.15, -0.1) is 0 Å². The lowest BCUT2D eigenvalue weighted by atomic mass is 9.83. The molecule has 16 heavy (non-hydrogen) atoms. The summed E-state index contributed by atoms with van der Waals surface area (Å²) < 4.78 is 38.6. The third-order valence-electron chi connectivity index (χ3n) is 2.24. The minimum Gasteiger partial charge on any atom is -0.197 e. The first kappa shape index (κ1) is 13.0. The predicted molar refractivity (Wildman–Crippen MR) is 57.8 cm³/mol. The molecule has 1 aromatic carbocycles. The van der Waals surface area contributed by atoms with E-state index in [1.165, 1.54) is 26.0 Å². The van der Waals surface area contributed by atoms with E-state index in [-0.39, 0.29) is 5.56 Å². The zero-order chi connectivity index (χ0) is 12.6. The zero-order valence-electron chi connectivity index (χ0n) is 8.69. The van der Waals surface area contributed by atoms with Gasteiger partial charge in [-0.25, -0.2) is 0 Å². The Morgan fingerprint density at radius 1 is 1.19 bits per heavy atom. The maximum atomic E-state index is 12.8. The minimum absolute atomic E-state index is 0.00861. The van der Waals surface area contributed by atoms with Gasteiger partial charge in [0.25, 0.3) is 0 Å². The van der Waals surface area contributed by atoms with Crippen LogP contribution in [0.15, 0.2) is 22.7 Å². The molecule has 1 nitrogen and oxygen atoms in total. The average molecular weight is 292 g/mol. The van der Waals surface area contributed by atoms with Crippen molar-refractivity contribution in [3.8, 4) is 6.07 Å². The van der Waals surface area contributed by atoms with Crippen LogP contribution < -0.4 is 0 Å². The van der Waals surface area contributed by atoms with Crippen LogP contribution in [0.5, 0.6) is 0 Å². The fourth-order valence-electron chi connectivity index (χ4n) is 1.36. The molecule has 0 fully saturated rings. The Hall–Kier alpha value is -1.02. The second-order valence-corrected chi connectivity index (χ2v) is 4.84. The SMILES string of the molecule is CC(C)(C#N)c1ccc(Br)cc1C(F)(F)F. The number of hydrogen-bond acceptors (Lipinski definition) is 1. The Morgan fingerprint density at radius 2 is 1.75 bits per heavy atom. The Labute approximate surface area is 100 Å². The number of halogens is 4. The lowest BCUT2D eigenvalue weighted by Gasteiger charge is -2.21.